The minimum absolute atomic E-state index is 0.397. The van der Waals surface area contributed by atoms with E-state index >= 15 is 0 Å². The van der Waals surface area contributed by atoms with E-state index in [0.717, 1.165) is 30.7 Å². The van der Waals surface area contributed by atoms with Crippen molar-refractivity contribution in [1.82, 2.24) is 15.5 Å². The molecule has 0 aromatic carbocycles. The molecular weight excluding hydrogens is 226 g/mol. The lowest BCUT2D eigenvalue weighted by atomic mass is 9.82. The maximum atomic E-state index is 5.48. The van der Waals surface area contributed by atoms with E-state index in [2.05, 4.69) is 29.3 Å². The van der Waals surface area contributed by atoms with Crippen LogP contribution in [0.3, 0.4) is 0 Å². The monoisotopic (exact) mass is 249 g/mol. The molecule has 1 aliphatic heterocycles. The summed E-state index contributed by atoms with van der Waals surface area (Å²) in [6.07, 6.45) is 5.10. The highest BCUT2D eigenvalue weighted by molar-refractivity contribution is 5.03. The Morgan fingerprint density at radius 2 is 2.17 bits per heavy atom. The Morgan fingerprint density at radius 3 is 2.83 bits per heavy atom. The third kappa shape index (κ3) is 2.30. The lowest BCUT2D eigenvalue weighted by Gasteiger charge is -2.30. The van der Waals surface area contributed by atoms with Crippen LogP contribution in [-0.4, -0.2) is 23.2 Å². The zero-order chi connectivity index (χ0) is 12.5. The van der Waals surface area contributed by atoms with E-state index < -0.39 is 0 Å². The topological polar surface area (TPSA) is 51.0 Å². The number of aromatic nitrogens is 2. The quantitative estimate of drug-likeness (QED) is 0.894. The molecule has 4 heteroatoms. The van der Waals surface area contributed by atoms with Crippen LogP contribution in [0.25, 0.3) is 0 Å². The molecule has 0 radical (unpaired) electrons. The molecule has 1 saturated heterocycles. The van der Waals surface area contributed by atoms with Gasteiger partial charge in [-0.15, -0.1) is 0 Å². The first kappa shape index (κ1) is 12.2. The van der Waals surface area contributed by atoms with Crippen LogP contribution in [0, 0.1) is 11.8 Å². The van der Waals surface area contributed by atoms with Gasteiger partial charge in [-0.3, -0.25) is 0 Å². The van der Waals surface area contributed by atoms with Crippen molar-refractivity contribution in [2.45, 2.75) is 51.4 Å². The second-order valence-electron chi connectivity index (χ2n) is 6.17. The first-order valence-electron chi connectivity index (χ1n) is 7.28. The molecule has 0 bridgehead atoms. The van der Waals surface area contributed by atoms with E-state index in [4.69, 9.17) is 4.52 Å². The number of hydrogen-bond acceptors (Lipinski definition) is 4. The van der Waals surface area contributed by atoms with Gasteiger partial charge in [0.2, 0.25) is 5.89 Å². The van der Waals surface area contributed by atoms with Gasteiger partial charge >= 0.3 is 0 Å². The number of nitrogens with one attached hydrogen (secondary N) is 1. The minimum Gasteiger partial charge on any atom is -0.339 e. The predicted molar refractivity (Wildman–Crippen MR) is 69.4 cm³/mol. The summed E-state index contributed by atoms with van der Waals surface area (Å²) in [6.45, 7) is 6.70. The van der Waals surface area contributed by atoms with Gasteiger partial charge in [0.15, 0.2) is 5.82 Å². The molecule has 3 unspecified atom stereocenters. The van der Waals surface area contributed by atoms with Crippen LogP contribution in [0.5, 0.6) is 0 Å². The molecule has 1 N–H and O–H groups in total. The van der Waals surface area contributed by atoms with Crippen molar-refractivity contribution in [3.05, 3.63) is 11.7 Å². The van der Waals surface area contributed by atoms with Gasteiger partial charge in [0.25, 0.3) is 0 Å². The van der Waals surface area contributed by atoms with Gasteiger partial charge in [-0.1, -0.05) is 31.8 Å². The molecule has 3 rings (SSSR count). The fraction of sp³-hybridized carbons (Fsp3) is 0.857. The van der Waals surface area contributed by atoms with Crippen molar-refractivity contribution >= 4 is 0 Å². The minimum atomic E-state index is 0.397. The maximum Gasteiger partial charge on any atom is 0.229 e. The fourth-order valence-electron chi connectivity index (χ4n) is 3.13. The molecule has 0 spiro atoms. The van der Waals surface area contributed by atoms with E-state index in [0.29, 0.717) is 17.8 Å². The van der Waals surface area contributed by atoms with Crippen LogP contribution < -0.4 is 5.32 Å². The first-order chi connectivity index (χ1) is 8.74. The Kier molecular flexibility index (Phi) is 3.37. The largest absolute Gasteiger partial charge is 0.339 e. The number of nitrogens with zero attached hydrogens (tertiary/aromatic N) is 2. The summed E-state index contributed by atoms with van der Waals surface area (Å²) >= 11 is 0. The van der Waals surface area contributed by atoms with Gasteiger partial charge in [0.05, 0.1) is 0 Å². The zero-order valence-corrected chi connectivity index (χ0v) is 11.4. The van der Waals surface area contributed by atoms with Crippen LogP contribution in [0.15, 0.2) is 4.52 Å². The zero-order valence-electron chi connectivity index (χ0n) is 11.4. The van der Waals surface area contributed by atoms with E-state index in [1.165, 1.54) is 25.7 Å². The van der Waals surface area contributed by atoms with E-state index in [-0.39, 0.29) is 0 Å². The number of hydrogen-bond donors (Lipinski definition) is 1. The van der Waals surface area contributed by atoms with Gasteiger partial charge in [0, 0.05) is 11.8 Å². The summed E-state index contributed by atoms with van der Waals surface area (Å²) < 4.78 is 5.48. The van der Waals surface area contributed by atoms with Gasteiger partial charge in [-0.2, -0.15) is 4.98 Å². The van der Waals surface area contributed by atoms with Crippen molar-refractivity contribution in [3.63, 3.8) is 0 Å². The van der Waals surface area contributed by atoms with E-state index in [1.807, 2.05) is 0 Å². The van der Waals surface area contributed by atoms with E-state index in [9.17, 15) is 0 Å². The molecule has 2 fully saturated rings. The van der Waals surface area contributed by atoms with Crippen molar-refractivity contribution in [1.29, 1.82) is 0 Å². The van der Waals surface area contributed by atoms with Crippen molar-refractivity contribution in [2.24, 2.45) is 11.8 Å². The summed E-state index contributed by atoms with van der Waals surface area (Å²) in [5.74, 6) is 4.19. The second-order valence-corrected chi connectivity index (χ2v) is 6.17. The van der Waals surface area contributed by atoms with Crippen LogP contribution in [-0.2, 0) is 0 Å². The summed E-state index contributed by atoms with van der Waals surface area (Å²) in [7, 11) is 0. The summed E-state index contributed by atoms with van der Waals surface area (Å²) in [4.78, 5) is 4.67. The van der Waals surface area contributed by atoms with Crippen LogP contribution in [0.1, 0.15) is 63.1 Å². The highest BCUT2D eigenvalue weighted by atomic mass is 16.5. The molecule has 18 heavy (non-hydrogen) atoms. The molecule has 4 nitrogen and oxygen atoms in total. The Hall–Kier alpha value is -0.900. The second kappa shape index (κ2) is 5.00. The molecule has 0 amide bonds. The van der Waals surface area contributed by atoms with Crippen LogP contribution >= 0.6 is 0 Å². The summed E-state index contributed by atoms with van der Waals surface area (Å²) in [5.41, 5.74) is 0. The molecule has 1 aromatic heterocycles. The maximum absolute atomic E-state index is 5.48. The SMILES string of the molecule is CC1CCCC(c2noc(C(C)C3CNC3)n2)C1. The van der Waals surface area contributed by atoms with Crippen LogP contribution in [0.4, 0.5) is 0 Å². The van der Waals surface area contributed by atoms with Crippen LogP contribution in [0.2, 0.25) is 0 Å². The van der Waals surface area contributed by atoms with Gasteiger partial charge < -0.3 is 9.84 Å². The molecular formula is C14H23N3O. The van der Waals surface area contributed by atoms with Crippen molar-refractivity contribution in [3.8, 4) is 0 Å². The molecule has 2 aliphatic rings. The lowest BCUT2D eigenvalue weighted by Crippen LogP contribution is -2.44. The third-order valence-corrected chi connectivity index (χ3v) is 4.67. The summed E-state index contributed by atoms with van der Waals surface area (Å²) in [6, 6.07) is 0. The molecule has 1 aromatic rings. The normalized spacial score (nSPS) is 31.0. The third-order valence-electron chi connectivity index (χ3n) is 4.67. The Balaban J connectivity index is 1.68. The van der Waals surface area contributed by atoms with Crippen molar-refractivity contribution in [2.75, 3.05) is 13.1 Å². The Labute approximate surface area is 109 Å². The molecule has 2 heterocycles. The fourth-order valence-corrected chi connectivity index (χ4v) is 3.13. The smallest absolute Gasteiger partial charge is 0.229 e. The molecule has 1 aliphatic carbocycles. The van der Waals surface area contributed by atoms with Gasteiger partial charge in [0.1, 0.15) is 0 Å². The molecule has 1 saturated carbocycles. The molecule has 3 atom stereocenters. The average Bonchev–Trinajstić information content (AvgIpc) is 2.75. The molecule has 100 valence electrons. The first-order valence-corrected chi connectivity index (χ1v) is 7.28. The van der Waals surface area contributed by atoms with E-state index in [1.54, 1.807) is 0 Å². The highest BCUT2D eigenvalue weighted by Gasteiger charge is 2.30. The Bertz CT molecular complexity index is 399. The van der Waals surface area contributed by atoms with Gasteiger partial charge in [-0.25, -0.2) is 0 Å². The number of rotatable bonds is 3. The lowest BCUT2D eigenvalue weighted by molar-refractivity contribution is 0.251. The highest BCUT2D eigenvalue weighted by Crippen LogP contribution is 2.35. The predicted octanol–water partition coefficient (Wildman–Crippen LogP) is 2.69. The summed E-state index contributed by atoms with van der Waals surface area (Å²) in [5, 5.41) is 7.53. The standard InChI is InChI=1S/C14H23N3O/c1-9-4-3-5-11(6-9)13-16-14(18-17-13)10(2)12-7-15-8-12/h9-12,15H,3-8H2,1-2H3. The Morgan fingerprint density at radius 1 is 1.33 bits per heavy atom. The average molecular weight is 249 g/mol. The van der Waals surface area contributed by atoms with Gasteiger partial charge in [-0.05, 0) is 37.8 Å². The van der Waals surface area contributed by atoms with Crippen molar-refractivity contribution < 1.29 is 4.52 Å².